The van der Waals surface area contributed by atoms with Crippen molar-refractivity contribution in [2.24, 2.45) is 5.41 Å². The van der Waals surface area contributed by atoms with Gasteiger partial charge in [-0.3, -0.25) is 19.5 Å². The fourth-order valence-electron chi connectivity index (χ4n) is 4.14. The summed E-state index contributed by atoms with van der Waals surface area (Å²) in [5.74, 6) is -0.753. The molecule has 0 fully saturated rings. The Morgan fingerprint density at radius 2 is 1.90 bits per heavy atom. The first-order chi connectivity index (χ1) is 19.0. The van der Waals surface area contributed by atoms with Gasteiger partial charge in [0.2, 0.25) is 11.9 Å². The summed E-state index contributed by atoms with van der Waals surface area (Å²) in [7, 11) is 0. The van der Waals surface area contributed by atoms with Crippen LogP contribution in [0.5, 0.6) is 0 Å². The van der Waals surface area contributed by atoms with Crippen molar-refractivity contribution in [3.63, 3.8) is 0 Å². The lowest BCUT2D eigenvalue weighted by atomic mass is 9.87. The molecule has 4 N–H and O–H groups in total. The summed E-state index contributed by atoms with van der Waals surface area (Å²) in [6.07, 6.45) is -1.50. The van der Waals surface area contributed by atoms with E-state index < -0.39 is 12.3 Å². The van der Waals surface area contributed by atoms with Crippen molar-refractivity contribution in [2.45, 2.75) is 39.8 Å². The molecule has 11 heteroatoms. The quantitative estimate of drug-likeness (QED) is 0.179. The molecule has 0 spiro atoms. The number of aromatic nitrogens is 2. The Hall–Kier alpha value is -3.93. The number of halogens is 2. The Morgan fingerprint density at radius 3 is 2.55 bits per heavy atom. The number of nitrogens with one attached hydrogen (secondary N) is 3. The van der Waals surface area contributed by atoms with Gasteiger partial charge in [0, 0.05) is 18.3 Å². The Bertz CT molecular complexity index is 1540. The molecule has 40 heavy (non-hydrogen) atoms. The van der Waals surface area contributed by atoms with Gasteiger partial charge in [-0.2, -0.15) is 0 Å². The minimum atomic E-state index is -2.67. The Balaban J connectivity index is 1.73. The van der Waals surface area contributed by atoms with E-state index in [0.717, 1.165) is 23.0 Å². The van der Waals surface area contributed by atoms with Crippen LogP contribution >= 0.6 is 11.3 Å². The second kappa shape index (κ2) is 12.1. The summed E-state index contributed by atoms with van der Waals surface area (Å²) >= 11 is 0.720. The third kappa shape index (κ3) is 6.61. The first-order valence-electron chi connectivity index (χ1n) is 12.6. The predicted molar refractivity (Wildman–Crippen MR) is 154 cm³/mol. The molecule has 0 saturated heterocycles. The molecule has 0 unspecified atom stereocenters. The van der Waals surface area contributed by atoms with Gasteiger partial charge in [0.05, 0.1) is 33.1 Å². The molecule has 0 aliphatic heterocycles. The van der Waals surface area contributed by atoms with Gasteiger partial charge in [-0.15, -0.1) is 11.3 Å². The smallest absolute Gasteiger partial charge is 0.272 e. The highest BCUT2D eigenvalue weighted by molar-refractivity contribution is 7.14. The van der Waals surface area contributed by atoms with E-state index >= 15 is 0 Å². The number of thiophene rings is 1. The molecule has 0 aliphatic carbocycles. The van der Waals surface area contributed by atoms with Crippen molar-refractivity contribution in [2.75, 3.05) is 17.2 Å². The maximum Gasteiger partial charge on any atom is 0.272 e. The van der Waals surface area contributed by atoms with Gasteiger partial charge < -0.3 is 15.7 Å². The van der Waals surface area contributed by atoms with Crippen molar-refractivity contribution < 1.29 is 23.5 Å². The van der Waals surface area contributed by atoms with Crippen LogP contribution in [0.4, 0.5) is 20.4 Å². The van der Waals surface area contributed by atoms with Crippen LogP contribution < -0.4 is 16.0 Å². The minimum absolute atomic E-state index is 0.00865. The molecule has 2 aromatic heterocycles. The number of hydrogen-bond acceptors (Lipinski definition) is 6. The number of carbonyl (C=O) groups excluding carboxylic acids is 2. The number of imidazole rings is 1. The number of nitrogens with zero attached hydrogens (tertiary/aromatic N) is 2. The van der Waals surface area contributed by atoms with Gasteiger partial charge in [0.15, 0.2) is 0 Å². The normalized spacial score (nSPS) is 12.5. The SMILES string of the molecule is C=CC(=O)Nc1cccc(-n2c(NC(=O)c3ccc(C(F)F)s3)nc3cc(CN[C@H](CO)C(C)(C)C)ccc32)c1. The van der Waals surface area contributed by atoms with E-state index in [2.05, 4.69) is 27.5 Å². The van der Waals surface area contributed by atoms with E-state index in [0.29, 0.717) is 29.0 Å². The maximum atomic E-state index is 13.1. The zero-order chi connectivity index (χ0) is 29.0. The van der Waals surface area contributed by atoms with Crippen molar-refractivity contribution >= 4 is 45.8 Å². The lowest BCUT2D eigenvalue weighted by Gasteiger charge is -2.30. The summed E-state index contributed by atoms with van der Waals surface area (Å²) in [6.45, 7) is 10.1. The minimum Gasteiger partial charge on any atom is -0.395 e. The molecule has 0 aliphatic rings. The summed E-state index contributed by atoms with van der Waals surface area (Å²) in [5, 5.41) is 18.6. The molecule has 1 atom stereocenters. The Morgan fingerprint density at radius 1 is 1.12 bits per heavy atom. The molecule has 2 amide bonds. The first-order valence-corrected chi connectivity index (χ1v) is 13.4. The average Bonchev–Trinajstić information content (AvgIpc) is 3.53. The summed E-state index contributed by atoms with van der Waals surface area (Å²) in [6, 6.07) is 15.1. The fourth-order valence-corrected chi connectivity index (χ4v) is 4.90. The topological polar surface area (TPSA) is 108 Å². The molecule has 2 heterocycles. The second-order valence-corrected chi connectivity index (χ2v) is 11.4. The molecular formula is C29H31F2N5O3S. The highest BCUT2D eigenvalue weighted by atomic mass is 32.1. The Kier molecular flexibility index (Phi) is 8.77. The zero-order valence-corrected chi connectivity index (χ0v) is 23.2. The number of amides is 2. The number of fused-ring (bicyclic) bond motifs is 1. The van der Waals surface area contributed by atoms with Gasteiger partial charge in [-0.1, -0.05) is 39.5 Å². The van der Waals surface area contributed by atoms with Crippen LogP contribution in [-0.4, -0.2) is 39.1 Å². The highest BCUT2D eigenvalue weighted by Gasteiger charge is 2.24. The number of hydrogen-bond donors (Lipinski definition) is 4. The maximum absolute atomic E-state index is 13.1. The number of rotatable bonds is 10. The average molecular weight is 568 g/mol. The number of benzene rings is 2. The van der Waals surface area contributed by atoms with Gasteiger partial charge in [-0.05, 0) is 59.5 Å². The Labute approximate surface area is 234 Å². The summed E-state index contributed by atoms with van der Waals surface area (Å²) < 4.78 is 27.9. The van der Waals surface area contributed by atoms with Crippen molar-refractivity contribution in [1.82, 2.24) is 14.9 Å². The van der Waals surface area contributed by atoms with E-state index in [-0.39, 0.29) is 39.7 Å². The van der Waals surface area contributed by atoms with E-state index in [1.807, 2.05) is 39.0 Å². The molecule has 8 nitrogen and oxygen atoms in total. The zero-order valence-electron chi connectivity index (χ0n) is 22.4. The van der Waals surface area contributed by atoms with Crippen LogP contribution in [-0.2, 0) is 11.3 Å². The molecule has 4 aromatic rings. The lowest BCUT2D eigenvalue weighted by molar-refractivity contribution is -0.111. The number of anilines is 2. The monoisotopic (exact) mass is 567 g/mol. The van der Waals surface area contributed by atoms with Crippen LogP contribution in [0.1, 0.15) is 47.3 Å². The number of alkyl halides is 2. The van der Waals surface area contributed by atoms with E-state index in [1.54, 1.807) is 28.8 Å². The summed E-state index contributed by atoms with van der Waals surface area (Å²) in [4.78, 5) is 29.5. The van der Waals surface area contributed by atoms with Gasteiger partial charge in [0.1, 0.15) is 0 Å². The third-order valence-corrected chi connectivity index (χ3v) is 7.44. The number of carbonyl (C=O) groups is 2. The van der Waals surface area contributed by atoms with Crippen molar-refractivity contribution in [1.29, 1.82) is 0 Å². The standard InChI is InChI=1S/C29H31F2N5O3S/c1-5-25(38)33-18-7-6-8-19(14-18)36-21-10-9-17(15-32-24(16-37)29(2,3)4)13-20(21)34-28(36)35-27(39)23-12-11-22(40-23)26(30)31/h5-14,24,26,32,37H,1,15-16H2,2-4H3,(H,33,38)(H,34,35,39)/t24-/m1/s1. The lowest BCUT2D eigenvalue weighted by Crippen LogP contribution is -2.42. The molecular weight excluding hydrogens is 536 g/mol. The van der Waals surface area contributed by atoms with Gasteiger partial charge in [-0.25, -0.2) is 13.8 Å². The van der Waals surface area contributed by atoms with Gasteiger partial charge >= 0.3 is 0 Å². The summed E-state index contributed by atoms with van der Waals surface area (Å²) in [5.41, 5.74) is 3.17. The van der Waals surface area contributed by atoms with Crippen LogP contribution in [0.2, 0.25) is 0 Å². The molecule has 0 saturated carbocycles. The van der Waals surface area contributed by atoms with Crippen LogP contribution in [0.3, 0.4) is 0 Å². The molecule has 210 valence electrons. The van der Waals surface area contributed by atoms with Crippen LogP contribution in [0.25, 0.3) is 16.7 Å². The fraction of sp³-hybridized carbons (Fsp3) is 0.276. The number of aliphatic hydroxyl groups is 1. The largest absolute Gasteiger partial charge is 0.395 e. The van der Waals surface area contributed by atoms with E-state index in [4.69, 9.17) is 0 Å². The van der Waals surface area contributed by atoms with Crippen LogP contribution in [0.15, 0.2) is 67.3 Å². The van der Waals surface area contributed by atoms with Crippen LogP contribution in [0, 0.1) is 5.41 Å². The number of aliphatic hydroxyl groups excluding tert-OH is 1. The van der Waals surface area contributed by atoms with E-state index in [1.165, 1.54) is 12.1 Å². The van der Waals surface area contributed by atoms with Gasteiger partial charge in [0.25, 0.3) is 12.3 Å². The van der Waals surface area contributed by atoms with Crippen molar-refractivity contribution in [3.05, 3.63) is 82.6 Å². The molecule has 4 rings (SSSR count). The predicted octanol–water partition coefficient (Wildman–Crippen LogP) is 5.90. The highest BCUT2D eigenvalue weighted by Crippen LogP contribution is 2.30. The molecule has 0 bridgehead atoms. The molecule has 0 radical (unpaired) electrons. The first kappa shape index (κ1) is 29.1. The molecule has 2 aromatic carbocycles. The van der Waals surface area contributed by atoms with Crippen molar-refractivity contribution in [3.8, 4) is 5.69 Å². The second-order valence-electron chi connectivity index (χ2n) is 10.3. The van der Waals surface area contributed by atoms with E-state index in [9.17, 15) is 23.5 Å². The third-order valence-electron chi connectivity index (χ3n) is 6.35.